The molecule has 2 fully saturated rings. The molecule has 2 aromatic rings. The summed E-state index contributed by atoms with van der Waals surface area (Å²) in [6.07, 6.45) is -1.82. The number of fused-ring (bicyclic) bond motifs is 1. The predicted octanol–water partition coefficient (Wildman–Crippen LogP) is -3.29. The zero-order valence-corrected chi connectivity index (χ0v) is 24.4. The highest BCUT2D eigenvalue weighted by Gasteiger charge is 2.46. The van der Waals surface area contributed by atoms with E-state index in [-0.39, 0.29) is 35.4 Å². The quantitative estimate of drug-likeness (QED) is 0.129. The summed E-state index contributed by atoms with van der Waals surface area (Å²) in [5, 5.41) is 41.8. The van der Waals surface area contributed by atoms with Crippen molar-refractivity contribution in [2.45, 2.75) is 55.6 Å². The number of aromatic nitrogens is 4. The number of ether oxygens (including phenoxy) is 1. The number of phosphoric acid groups is 2. The Morgan fingerprint density at radius 2 is 1.75 bits per heavy atom. The highest BCUT2D eigenvalue weighted by atomic mass is 31.3. The number of aliphatic hydroxyl groups is 4. The van der Waals surface area contributed by atoms with Crippen LogP contribution in [0.5, 0.6) is 0 Å². The van der Waals surface area contributed by atoms with Crippen molar-refractivity contribution in [3.8, 4) is 0 Å². The second kappa shape index (κ2) is 12.5. The number of carbonyl (C=O) groups excluding carboxylic acids is 1. The molecule has 1 saturated carbocycles. The number of phosphoric ester groups is 2. The number of primary amides is 1. The summed E-state index contributed by atoms with van der Waals surface area (Å²) in [6, 6.07) is -0.811. The van der Waals surface area contributed by atoms with Crippen LogP contribution in [0.1, 0.15) is 18.9 Å². The van der Waals surface area contributed by atoms with Gasteiger partial charge in [-0.2, -0.15) is 0 Å². The third-order valence-electron chi connectivity index (χ3n) is 7.43. The Morgan fingerprint density at radius 1 is 1.05 bits per heavy atom. The summed E-state index contributed by atoms with van der Waals surface area (Å²) in [6.45, 7) is -1.72. The van der Waals surface area contributed by atoms with Crippen molar-refractivity contribution in [2.24, 2.45) is 11.7 Å². The van der Waals surface area contributed by atoms with E-state index in [0.29, 0.717) is 0 Å². The number of allylic oxidation sites excluding steroid dienone is 1. The Balaban J connectivity index is 1.15. The van der Waals surface area contributed by atoms with Crippen LogP contribution in [0, 0.1) is 5.92 Å². The molecule has 4 heterocycles. The van der Waals surface area contributed by atoms with Crippen molar-refractivity contribution in [3.63, 3.8) is 0 Å². The van der Waals surface area contributed by atoms with E-state index in [1.807, 2.05) is 0 Å². The predicted molar refractivity (Wildman–Crippen MR) is 141 cm³/mol. The summed E-state index contributed by atoms with van der Waals surface area (Å²) < 4.78 is 44.9. The van der Waals surface area contributed by atoms with Crippen molar-refractivity contribution in [1.82, 2.24) is 24.4 Å². The first-order chi connectivity index (χ1) is 20.7. The molecule has 10 atom stereocenters. The third kappa shape index (κ3) is 6.71. The van der Waals surface area contributed by atoms with Gasteiger partial charge in [-0.3, -0.25) is 13.9 Å². The molecule has 1 aliphatic carbocycles. The smallest absolute Gasteiger partial charge is 0.274 e. The number of amides is 1. The van der Waals surface area contributed by atoms with Crippen LogP contribution in [0.25, 0.3) is 11.2 Å². The molecule has 22 heteroatoms. The Kier molecular flexibility index (Phi) is 9.26. The average molecular weight is 661 g/mol. The van der Waals surface area contributed by atoms with Crippen molar-refractivity contribution in [2.75, 3.05) is 18.9 Å². The van der Waals surface area contributed by atoms with Gasteiger partial charge in [0.05, 0.1) is 31.7 Å². The first-order valence-corrected chi connectivity index (χ1v) is 16.0. The normalized spacial score (nSPS) is 33.3. The topological polar surface area (TPSA) is 314 Å². The van der Waals surface area contributed by atoms with E-state index in [2.05, 4.69) is 28.3 Å². The molecule has 0 bridgehead atoms. The number of hydrogen-bond acceptors (Lipinski definition) is 18. The standard InChI is InChI=1S/C22H31N7O13P2/c23-19-14-21(26-8-25-19)29(9-27-14)12-4-11(15(30)16(12)31)6-39-43(35,36)42-44(37,38)40-7-13-17(32)18(33)22(41-13)28-3-1-2-10(5-28)20(24)34/h1,3,5,8-9,11-13,15-18,22,30-33H,2,4,6-7H2,(H2,24,34)(H,35,36)(H,37,38)(H2,23,25,26)/p-2/t11-,12-,13-,15?,16?,17?,18?,22-/m1/s1. The zero-order chi connectivity index (χ0) is 32.0. The number of nitrogen functional groups attached to an aromatic ring is 1. The number of nitrogens with zero attached hydrogens (tertiary/aromatic N) is 5. The number of rotatable bonds is 11. The molecule has 20 nitrogen and oxygen atoms in total. The molecule has 2 aromatic heterocycles. The lowest BCUT2D eigenvalue weighted by molar-refractivity contribution is -0.246. The maximum absolute atomic E-state index is 12.3. The molecule has 0 radical (unpaired) electrons. The van der Waals surface area contributed by atoms with Crippen molar-refractivity contribution in [1.29, 1.82) is 0 Å². The number of carbonyl (C=O) groups is 1. The molecule has 242 valence electrons. The van der Waals surface area contributed by atoms with E-state index < -0.39 is 83.5 Å². The summed E-state index contributed by atoms with van der Waals surface area (Å²) >= 11 is 0. The van der Waals surface area contributed by atoms with Crippen LogP contribution in [-0.4, -0.2) is 101 Å². The van der Waals surface area contributed by atoms with Crippen LogP contribution in [0.3, 0.4) is 0 Å². The van der Waals surface area contributed by atoms with E-state index in [0.717, 1.165) is 0 Å². The largest absolute Gasteiger partial charge is 0.756 e. The van der Waals surface area contributed by atoms with Crippen LogP contribution in [0.15, 0.2) is 36.7 Å². The minimum absolute atomic E-state index is 0.0219. The Labute approximate surface area is 248 Å². The SMILES string of the molecule is NC(=O)C1=CN([C@@H]2O[C@H](COP(=O)([O-])OP(=O)([O-])OC[C@H]3C[C@@H](n4cnc5c(N)ncnc54)C(O)C3O)C(O)C2O)C=CC1. The molecule has 2 aliphatic heterocycles. The fourth-order valence-corrected chi connectivity index (χ4v) is 7.25. The van der Waals surface area contributed by atoms with E-state index in [4.69, 9.17) is 16.2 Å². The molecule has 6 unspecified atom stereocenters. The van der Waals surface area contributed by atoms with Crippen LogP contribution in [0.2, 0.25) is 0 Å². The van der Waals surface area contributed by atoms with Crippen molar-refractivity contribution >= 4 is 38.5 Å². The minimum atomic E-state index is -5.63. The Hall–Kier alpha value is -2.84. The van der Waals surface area contributed by atoms with E-state index in [9.17, 15) is 44.1 Å². The summed E-state index contributed by atoms with van der Waals surface area (Å²) in [7, 11) is -11.2. The van der Waals surface area contributed by atoms with E-state index in [1.165, 1.54) is 34.5 Å². The Morgan fingerprint density at radius 3 is 2.45 bits per heavy atom. The van der Waals surface area contributed by atoms with Gasteiger partial charge >= 0.3 is 0 Å². The third-order valence-corrected chi connectivity index (χ3v) is 9.96. The van der Waals surface area contributed by atoms with Gasteiger partial charge in [-0.1, -0.05) is 6.08 Å². The fraction of sp³-hybridized carbons (Fsp3) is 0.545. The molecular weight excluding hydrogens is 632 g/mol. The van der Waals surface area contributed by atoms with Gasteiger partial charge < -0.3 is 64.9 Å². The minimum Gasteiger partial charge on any atom is -0.756 e. The molecule has 3 aliphatic rings. The Bertz CT molecular complexity index is 1560. The maximum Gasteiger partial charge on any atom is 0.274 e. The molecule has 44 heavy (non-hydrogen) atoms. The lowest BCUT2D eigenvalue weighted by Crippen LogP contribution is -2.40. The molecule has 1 amide bonds. The van der Waals surface area contributed by atoms with Crippen LogP contribution in [-0.2, 0) is 32.0 Å². The van der Waals surface area contributed by atoms with Gasteiger partial charge in [0.15, 0.2) is 17.7 Å². The van der Waals surface area contributed by atoms with E-state index >= 15 is 0 Å². The monoisotopic (exact) mass is 661 g/mol. The average Bonchev–Trinajstić information content (AvgIpc) is 3.61. The summed E-state index contributed by atoms with van der Waals surface area (Å²) in [4.78, 5) is 49.3. The van der Waals surface area contributed by atoms with Gasteiger partial charge in [0.2, 0.25) is 5.91 Å². The summed E-state index contributed by atoms with van der Waals surface area (Å²) in [5.74, 6) is -1.61. The van der Waals surface area contributed by atoms with Crippen molar-refractivity contribution in [3.05, 3.63) is 36.7 Å². The van der Waals surface area contributed by atoms with Crippen LogP contribution >= 0.6 is 15.6 Å². The summed E-state index contributed by atoms with van der Waals surface area (Å²) in [5.41, 5.74) is 11.8. The molecule has 0 spiro atoms. The molecular formula is C22H29N7O13P2-2. The lowest BCUT2D eigenvalue weighted by atomic mass is 10.1. The first-order valence-electron chi connectivity index (χ1n) is 13.1. The van der Waals surface area contributed by atoms with Gasteiger partial charge in [0.25, 0.3) is 15.6 Å². The fourth-order valence-electron chi connectivity index (χ4n) is 5.19. The lowest BCUT2D eigenvalue weighted by Gasteiger charge is -2.32. The molecule has 5 rings (SSSR count). The van der Waals surface area contributed by atoms with E-state index in [1.54, 1.807) is 6.08 Å². The van der Waals surface area contributed by atoms with Gasteiger partial charge in [0.1, 0.15) is 36.3 Å². The molecule has 1 saturated heterocycles. The number of aliphatic hydroxyl groups excluding tert-OH is 4. The van der Waals surface area contributed by atoms with Gasteiger partial charge in [-0.15, -0.1) is 0 Å². The molecule has 8 N–H and O–H groups in total. The van der Waals surface area contributed by atoms with Gasteiger partial charge in [0, 0.05) is 23.9 Å². The number of hydrogen-bond donors (Lipinski definition) is 6. The van der Waals surface area contributed by atoms with Gasteiger partial charge in [-0.25, -0.2) is 19.3 Å². The van der Waals surface area contributed by atoms with Crippen molar-refractivity contribution < 1.29 is 62.2 Å². The highest BCUT2D eigenvalue weighted by molar-refractivity contribution is 7.59. The number of anilines is 1. The maximum atomic E-state index is 12.3. The number of nitrogens with two attached hydrogens (primary N) is 2. The highest BCUT2D eigenvalue weighted by Crippen LogP contribution is 2.56. The second-order valence-corrected chi connectivity index (χ2v) is 13.3. The van der Waals surface area contributed by atoms with Crippen LogP contribution in [0.4, 0.5) is 5.82 Å². The first kappa shape index (κ1) is 32.6. The second-order valence-electron chi connectivity index (χ2n) is 10.3. The van der Waals surface area contributed by atoms with Gasteiger partial charge in [-0.05, 0) is 12.8 Å². The van der Waals surface area contributed by atoms with Crippen LogP contribution < -0.4 is 21.3 Å². The zero-order valence-electron chi connectivity index (χ0n) is 22.6. The molecule has 0 aromatic carbocycles. The number of imidazole rings is 1.